The first-order valence-electron chi connectivity index (χ1n) is 3.91. The first-order chi connectivity index (χ1) is 4.74. The van der Waals surface area contributed by atoms with Crippen LogP contribution in [-0.4, -0.2) is 18.5 Å². The molecule has 0 saturated carbocycles. The third-order valence-electron chi connectivity index (χ3n) is 2.09. The Bertz CT molecular complexity index is 142. The van der Waals surface area contributed by atoms with E-state index < -0.39 is 0 Å². The molecule has 2 nitrogen and oxygen atoms in total. The zero-order valence-electron chi connectivity index (χ0n) is 6.92. The maximum absolute atomic E-state index is 5.44. The summed E-state index contributed by atoms with van der Waals surface area (Å²) in [5.74, 6) is 1.47. The van der Waals surface area contributed by atoms with Crippen molar-refractivity contribution in [3.63, 3.8) is 0 Å². The maximum atomic E-state index is 5.44. The molecule has 0 saturated heterocycles. The summed E-state index contributed by atoms with van der Waals surface area (Å²) in [5, 5.41) is 0. The van der Waals surface area contributed by atoms with E-state index in [1.165, 1.54) is 0 Å². The molecule has 0 aromatic heterocycles. The molecule has 1 heterocycles. The molecule has 0 aliphatic carbocycles. The Labute approximate surface area is 62.3 Å². The van der Waals surface area contributed by atoms with Crippen molar-refractivity contribution in [2.75, 3.05) is 6.54 Å². The van der Waals surface area contributed by atoms with Crippen LogP contribution in [0.2, 0.25) is 0 Å². The molecular formula is C8H15NO. The van der Waals surface area contributed by atoms with Crippen molar-refractivity contribution in [1.82, 2.24) is 0 Å². The van der Waals surface area contributed by atoms with Gasteiger partial charge >= 0.3 is 0 Å². The van der Waals surface area contributed by atoms with E-state index in [4.69, 9.17) is 4.74 Å². The molecule has 0 radical (unpaired) electrons. The molecule has 2 unspecified atom stereocenters. The van der Waals surface area contributed by atoms with Crippen LogP contribution in [0.3, 0.4) is 0 Å². The first kappa shape index (κ1) is 7.58. The van der Waals surface area contributed by atoms with E-state index in [2.05, 4.69) is 18.8 Å². The molecule has 0 N–H and O–H groups in total. The Hall–Kier alpha value is -0.530. The Morgan fingerprint density at radius 3 is 2.90 bits per heavy atom. The van der Waals surface area contributed by atoms with E-state index in [1.54, 1.807) is 0 Å². The summed E-state index contributed by atoms with van der Waals surface area (Å²) < 4.78 is 5.44. The highest BCUT2D eigenvalue weighted by molar-refractivity contribution is 5.73. The van der Waals surface area contributed by atoms with Gasteiger partial charge in [-0.1, -0.05) is 6.92 Å². The van der Waals surface area contributed by atoms with Gasteiger partial charge in [-0.2, -0.15) is 0 Å². The molecule has 0 fully saturated rings. The standard InChI is InChI=1S/C8H15NO/c1-4-8-5-9-7(3)10-6(8)2/h6,8H,4-5H2,1-3H3. The molecule has 0 bridgehead atoms. The van der Waals surface area contributed by atoms with Crippen molar-refractivity contribution >= 4 is 5.90 Å². The van der Waals surface area contributed by atoms with E-state index in [1.807, 2.05) is 6.92 Å². The third kappa shape index (κ3) is 1.49. The number of hydrogen-bond acceptors (Lipinski definition) is 2. The maximum Gasteiger partial charge on any atom is 0.180 e. The number of aliphatic imine (C=N–C) groups is 1. The summed E-state index contributed by atoms with van der Waals surface area (Å²) in [6, 6.07) is 0. The molecule has 0 amide bonds. The average Bonchev–Trinajstić information content (AvgIpc) is 1.88. The number of hydrogen-bond donors (Lipinski definition) is 0. The van der Waals surface area contributed by atoms with Crippen molar-refractivity contribution in [3.05, 3.63) is 0 Å². The van der Waals surface area contributed by atoms with Crippen molar-refractivity contribution in [2.24, 2.45) is 10.9 Å². The van der Waals surface area contributed by atoms with E-state index in [0.29, 0.717) is 12.0 Å². The molecule has 58 valence electrons. The summed E-state index contributed by atoms with van der Waals surface area (Å²) in [6.07, 6.45) is 1.53. The summed E-state index contributed by atoms with van der Waals surface area (Å²) in [4.78, 5) is 4.23. The van der Waals surface area contributed by atoms with Gasteiger partial charge in [0.1, 0.15) is 6.10 Å². The molecule has 1 aliphatic rings. The minimum Gasteiger partial charge on any atom is -0.478 e. The van der Waals surface area contributed by atoms with Gasteiger partial charge in [-0.05, 0) is 13.3 Å². The van der Waals surface area contributed by atoms with Crippen LogP contribution >= 0.6 is 0 Å². The molecule has 2 heteroatoms. The van der Waals surface area contributed by atoms with Gasteiger partial charge < -0.3 is 4.74 Å². The smallest absolute Gasteiger partial charge is 0.180 e. The molecule has 1 aliphatic heterocycles. The summed E-state index contributed by atoms with van der Waals surface area (Å²) in [6.45, 7) is 7.17. The van der Waals surface area contributed by atoms with Crippen molar-refractivity contribution in [1.29, 1.82) is 0 Å². The lowest BCUT2D eigenvalue weighted by Gasteiger charge is -2.26. The van der Waals surface area contributed by atoms with Crippen LogP contribution < -0.4 is 0 Å². The van der Waals surface area contributed by atoms with Gasteiger partial charge in [0.05, 0.1) is 0 Å². The Balaban J connectivity index is 2.52. The second-order valence-corrected chi connectivity index (χ2v) is 2.85. The highest BCUT2D eigenvalue weighted by atomic mass is 16.5. The van der Waals surface area contributed by atoms with Crippen LogP contribution in [0, 0.1) is 5.92 Å². The van der Waals surface area contributed by atoms with Gasteiger partial charge in [0.15, 0.2) is 5.90 Å². The fourth-order valence-electron chi connectivity index (χ4n) is 1.26. The second kappa shape index (κ2) is 3.04. The molecule has 0 spiro atoms. The third-order valence-corrected chi connectivity index (χ3v) is 2.09. The van der Waals surface area contributed by atoms with Crippen LogP contribution in [-0.2, 0) is 4.74 Å². The number of ether oxygens (including phenoxy) is 1. The summed E-state index contributed by atoms with van der Waals surface area (Å²) in [7, 11) is 0. The number of rotatable bonds is 1. The van der Waals surface area contributed by atoms with Crippen molar-refractivity contribution in [3.8, 4) is 0 Å². The van der Waals surface area contributed by atoms with Crippen molar-refractivity contribution < 1.29 is 4.74 Å². The fourth-order valence-corrected chi connectivity index (χ4v) is 1.26. The van der Waals surface area contributed by atoms with Gasteiger partial charge in [0.2, 0.25) is 0 Å². The largest absolute Gasteiger partial charge is 0.478 e. The van der Waals surface area contributed by atoms with E-state index in [-0.39, 0.29) is 0 Å². The predicted molar refractivity (Wildman–Crippen MR) is 42.3 cm³/mol. The summed E-state index contributed by atoms with van der Waals surface area (Å²) >= 11 is 0. The zero-order valence-corrected chi connectivity index (χ0v) is 6.92. The Kier molecular flexibility index (Phi) is 2.30. The van der Waals surface area contributed by atoms with E-state index in [0.717, 1.165) is 18.9 Å². The molecule has 0 aromatic carbocycles. The quantitative estimate of drug-likeness (QED) is 0.546. The van der Waals surface area contributed by atoms with Crippen LogP contribution in [0.5, 0.6) is 0 Å². The monoisotopic (exact) mass is 141 g/mol. The Morgan fingerprint density at radius 2 is 2.40 bits per heavy atom. The minimum atomic E-state index is 0.363. The van der Waals surface area contributed by atoms with E-state index >= 15 is 0 Å². The van der Waals surface area contributed by atoms with Gasteiger partial charge in [-0.15, -0.1) is 0 Å². The van der Waals surface area contributed by atoms with Crippen molar-refractivity contribution in [2.45, 2.75) is 33.3 Å². The highest BCUT2D eigenvalue weighted by Crippen LogP contribution is 2.16. The van der Waals surface area contributed by atoms with Crippen LogP contribution in [0.15, 0.2) is 4.99 Å². The molecular weight excluding hydrogens is 126 g/mol. The minimum absolute atomic E-state index is 0.363. The lowest BCUT2D eigenvalue weighted by Crippen LogP contribution is -2.29. The van der Waals surface area contributed by atoms with Crippen LogP contribution in [0.1, 0.15) is 27.2 Å². The van der Waals surface area contributed by atoms with Crippen LogP contribution in [0.25, 0.3) is 0 Å². The lowest BCUT2D eigenvalue weighted by atomic mass is 10.0. The lowest BCUT2D eigenvalue weighted by molar-refractivity contribution is 0.122. The second-order valence-electron chi connectivity index (χ2n) is 2.85. The molecule has 10 heavy (non-hydrogen) atoms. The van der Waals surface area contributed by atoms with Gasteiger partial charge in [-0.3, -0.25) is 4.99 Å². The van der Waals surface area contributed by atoms with Gasteiger partial charge in [-0.25, -0.2) is 0 Å². The van der Waals surface area contributed by atoms with Gasteiger partial charge in [0.25, 0.3) is 0 Å². The first-order valence-corrected chi connectivity index (χ1v) is 3.91. The summed E-state index contributed by atoms with van der Waals surface area (Å²) in [5.41, 5.74) is 0. The number of nitrogens with zero attached hydrogens (tertiary/aromatic N) is 1. The molecule has 1 rings (SSSR count). The fraction of sp³-hybridized carbons (Fsp3) is 0.875. The van der Waals surface area contributed by atoms with Gasteiger partial charge in [0, 0.05) is 19.4 Å². The molecule has 2 atom stereocenters. The van der Waals surface area contributed by atoms with E-state index in [9.17, 15) is 0 Å². The zero-order chi connectivity index (χ0) is 7.56. The SMILES string of the molecule is CCC1CN=C(C)OC1C. The molecule has 0 aromatic rings. The Morgan fingerprint density at radius 1 is 1.70 bits per heavy atom. The predicted octanol–water partition coefficient (Wildman–Crippen LogP) is 1.85. The van der Waals surface area contributed by atoms with Crippen LogP contribution in [0.4, 0.5) is 0 Å². The normalized spacial score (nSPS) is 32.9. The highest BCUT2D eigenvalue weighted by Gasteiger charge is 2.20. The average molecular weight is 141 g/mol. The topological polar surface area (TPSA) is 21.6 Å².